The third kappa shape index (κ3) is 14.2. The van der Waals surface area contributed by atoms with Crippen molar-refractivity contribution in [3.8, 4) is 0 Å². The maximum atomic E-state index is 14.6. The van der Waals surface area contributed by atoms with E-state index in [-0.39, 0.29) is 98.0 Å². The number of allylic oxidation sites excluding steroid dienone is 2. The normalized spacial score (nSPS) is 21.4. The van der Waals surface area contributed by atoms with Crippen molar-refractivity contribution in [3.05, 3.63) is 24.3 Å². The summed E-state index contributed by atoms with van der Waals surface area (Å²) in [6.07, 6.45) is 6.27. The Kier molecular flexibility index (Phi) is 21.3. The topological polar surface area (TPSA) is 250 Å². The SMILES string of the molecule is COCONCCCCN(CCON1C(C(C(=O)NCCOCC=O)N2CCC(=O)C=CC2=O)C1(C(=O)NCCOCC=O)N1CCC(=O)C=CC1=O)OCOC. The van der Waals surface area contributed by atoms with Gasteiger partial charge < -0.3 is 49.0 Å². The molecule has 22 heteroatoms. The van der Waals surface area contributed by atoms with Crippen LogP contribution in [0.15, 0.2) is 24.3 Å². The summed E-state index contributed by atoms with van der Waals surface area (Å²) in [5.74, 6) is -3.87. The molecule has 0 saturated carbocycles. The molecule has 3 rings (SSSR count). The summed E-state index contributed by atoms with van der Waals surface area (Å²) < 4.78 is 20.3. The van der Waals surface area contributed by atoms with Gasteiger partial charge in [0.1, 0.15) is 37.9 Å². The van der Waals surface area contributed by atoms with Crippen LogP contribution in [0.4, 0.5) is 0 Å². The first-order valence-electron chi connectivity index (χ1n) is 18.4. The number of hydrogen-bond acceptors (Lipinski definition) is 18. The van der Waals surface area contributed by atoms with Gasteiger partial charge in [0, 0.05) is 85.0 Å². The number of amides is 4. The lowest BCUT2D eigenvalue weighted by molar-refractivity contribution is -0.232. The van der Waals surface area contributed by atoms with Crippen LogP contribution >= 0.6 is 0 Å². The molecule has 3 aliphatic heterocycles. The first kappa shape index (κ1) is 47.0. The molecule has 4 atom stereocenters. The quantitative estimate of drug-likeness (QED) is 0.0212. The molecule has 3 N–H and O–H groups in total. The first-order valence-corrected chi connectivity index (χ1v) is 18.4. The second-order valence-corrected chi connectivity index (χ2v) is 12.5. The van der Waals surface area contributed by atoms with Crippen molar-refractivity contribution in [2.75, 3.05) is 107 Å². The Morgan fingerprint density at radius 1 is 0.825 bits per heavy atom. The first-order chi connectivity index (χ1) is 27.7. The summed E-state index contributed by atoms with van der Waals surface area (Å²) in [6.45, 7) is -0.561. The van der Waals surface area contributed by atoms with E-state index < -0.39 is 47.2 Å². The van der Waals surface area contributed by atoms with Crippen molar-refractivity contribution in [1.29, 1.82) is 0 Å². The van der Waals surface area contributed by atoms with E-state index in [9.17, 15) is 38.4 Å². The smallest absolute Gasteiger partial charge is 0.265 e. The van der Waals surface area contributed by atoms with Gasteiger partial charge in [0.2, 0.25) is 23.4 Å². The second-order valence-electron chi connectivity index (χ2n) is 12.5. The zero-order chi connectivity index (χ0) is 41.5. The van der Waals surface area contributed by atoms with Gasteiger partial charge in [-0.3, -0.25) is 43.3 Å². The standard InChI is InChI=1S/C35H53N7O15/c1-51-25-55-38-11-3-4-14-39(57-26-52-2)17-22-56-42-32(31(33(49)36-12-20-53-23-18-43)40-15-9-27(45)5-7-29(40)47)35(42,34(50)37-13-21-54-24-19-44)41-16-10-28(46)6-8-30(41)48/h5-8,18-19,31-32,38H,3-4,9-17,20-26H2,1-2H3,(H,36,49)(H,37,50). The highest BCUT2D eigenvalue weighted by Gasteiger charge is 2.78. The van der Waals surface area contributed by atoms with Crippen LogP contribution in [0, 0.1) is 0 Å². The van der Waals surface area contributed by atoms with Gasteiger partial charge >= 0.3 is 0 Å². The highest BCUT2D eigenvalue weighted by molar-refractivity contribution is 6.05. The van der Waals surface area contributed by atoms with Crippen molar-refractivity contribution >= 4 is 47.8 Å². The minimum absolute atomic E-state index is 0.0775. The van der Waals surface area contributed by atoms with Gasteiger partial charge in [0.05, 0.1) is 19.8 Å². The van der Waals surface area contributed by atoms with Gasteiger partial charge in [-0.2, -0.15) is 10.5 Å². The van der Waals surface area contributed by atoms with Crippen LogP contribution in [0.1, 0.15) is 25.7 Å². The van der Waals surface area contributed by atoms with Gasteiger partial charge in [-0.1, -0.05) is 0 Å². The molecule has 0 aromatic rings. The molecule has 0 bridgehead atoms. The average Bonchev–Trinajstić information content (AvgIpc) is 3.92. The molecule has 0 aromatic heterocycles. The predicted molar refractivity (Wildman–Crippen MR) is 194 cm³/mol. The Morgan fingerprint density at radius 2 is 1.47 bits per heavy atom. The number of hydrogen-bond donors (Lipinski definition) is 3. The molecule has 3 heterocycles. The monoisotopic (exact) mass is 811 g/mol. The van der Waals surface area contributed by atoms with Gasteiger partial charge in [-0.15, -0.1) is 5.06 Å². The number of ketones is 2. The van der Waals surface area contributed by atoms with E-state index in [1.165, 1.54) is 14.2 Å². The molecule has 0 radical (unpaired) electrons. The van der Waals surface area contributed by atoms with Gasteiger partial charge in [0.15, 0.2) is 25.2 Å². The number of ether oxygens (including phenoxy) is 4. The lowest BCUT2D eigenvalue weighted by Crippen LogP contribution is -2.60. The molecule has 318 valence electrons. The van der Waals surface area contributed by atoms with Crippen LogP contribution in [-0.2, 0) is 71.8 Å². The fraction of sp³-hybridized carbons (Fsp3) is 0.657. The number of methoxy groups -OCH3 is 2. The molecule has 4 amide bonds. The fourth-order valence-corrected chi connectivity index (χ4v) is 6.11. The lowest BCUT2D eigenvalue weighted by atomic mass is 10.0. The molecule has 22 nitrogen and oxygen atoms in total. The molecular weight excluding hydrogens is 758 g/mol. The second kappa shape index (κ2) is 25.8. The summed E-state index contributed by atoms with van der Waals surface area (Å²) in [6, 6.07) is -2.98. The van der Waals surface area contributed by atoms with Crippen molar-refractivity contribution in [2.24, 2.45) is 0 Å². The van der Waals surface area contributed by atoms with E-state index in [0.29, 0.717) is 38.5 Å². The summed E-state index contributed by atoms with van der Waals surface area (Å²) in [4.78, 5) is 122. The molecule has 0 spiro atoms. The molecule has 1 fully saturated rings. The summed E-state index contributed by atoms with van der Waals surface area (Å²) >= 11 is 0. The number of aldehydes is 2. The van der Waals surface area contributed by atoms with E-state index in [4.69, 9.17) is 33.5 Å². The van der Waals surface area contributed by atoms with E-state index in [1.807, 2.05) is 0 Å². The third-order valence-corrected chi connectivity index (χ3v) is 8.72. The third-order valence-electron chi connectivity index (χ3n) is 8.72. The van der Waals surface area contributed by atoms with E-state index in [2.05, 4.69) is 16.1 Å². The number of nitrogens with one attached hydrogen (secondary N) is 3. The fourth-order valence-electron chi connectivity index (χ4n) is 6.11. The highest BCUT2D eigenvalue weighted by atomic mass is 16.8. The van der Waals surface area contributed by atoms with Crippen molar-refractivity contribution < 1.29 is 71.8 Å². The van der Waals surface area contributed by atoms with E-state index in [0.717, 1.165) is 39.2 Å². The van der Waals surface area contributed by atoms with Crippen molar-refractivity contribution in [1.82, 2.24) is 36.0 Å². The maximum absolute atomic E-state index is 14.6. The van der Waals surface area contributed by atoms with Gasteiger partial charge in [-0.25, -0.2) is 0 Å². The summed E-state index contributed by atoms with van der Waals surface area (Å²) in [7, 11) is 2.95. The summed E-state index contributed by atoms with van der Waals surface area (Å²) in [5.41, 5.74) is 0.634. The van der Waals surface area contributed by atoms with Gasteiger partial charge in [0.25, 0.3) is 5.91 Å². The molecule has 4 unspecified atom stereocenters. The van der Waals surface area contributed by atoms with Crippen LogP contribution in [0.5, 0.6) is 0 Å². The maximum Gasteiger partial charge on any atom is 0.265 e. The lowest BCUT2D eigenvalue weighted by Gasteiger charge is -2.33. The van der Waals surface area contributed by atoms with E-state index in [1.54, 1.807) is 5.06 Å². The zero-order valence-corrected chi connectivity index (χ0v) is 32.3. The molecule has 0 aromatic carbocycles. The van der Waals surface area contributed by atoms with Crippen LogP contribution in [-0.4, -0.2) is 192 Å². The summed E-state index contributed by atoms with van der Waals surface area (Å²) in [5, 5.41) is 8.07. The van der Waals surface area contributed by atoms with Crippen LogP contribution in [0.3, 0.4) is 0 Å². The minimum atomic E-state index is -2.14. The minimum Gasteiger partial charge on any atom is -0.372 e. The zero-order valence-electron chi connectivity index (χ0n) is 32.3. The highest BCUT2D eigenvalue weighted by Crippen LogP contribution is 2.49. The number of hydroxylamine groups is 5. The number of nitrogens with zero attached hydrogens (tertiary/aromatic N) is 4. The van der Waals surface area contributed by atoms with Crippen LogP contribution in [0.2, 0.25) is 0 Å². The van der Waals surface area contributed by atoms with E-state index >= 15 is 0 Å². The number of unbranched alkanes of at least 4 members (excludes halogenated alkanes) is 1. The molecule has 57 heavy (non-hydrogen) atoms. The Hall–Kier alpha value is -4.36. The Bertz CT molecular complexity index is 1430. The predicted octanol–water partition coefficient (Wildman–Crippen LogP) is -3.21. The number of carbonyl (C=O) groups is 8. The van der Waals surface area contributed by atoms with Crippen molar-refractivity contribution in [2.45, 2.75) is 43.4 Å². The molecule has 3 aliphatic rings. The average molecular weight is 812 g/mol. The molecule has 0 aliphatic carbocycles. The van der Waals surface area contributed by atoms with Crippen LogP contribution < -0.4 is 16.1 Å². The Labute approximate surface area is 329 Å². The largest absolute Gasteiger partial charge is 0.372 e. The van der Waals surface area contributed by atoms with Crippen LogP contribution in [0.25, 0.3) is 0 Å². The Morgan fingerprint density at radius 3 is 2.14 bits per heavy atom. The van der Waals surface area contributed by atoms with Crippen molar-refractivity contribution in [3.63, 3.8) is 0 Å². The molecule has 1 saturated heterocycles. The van der Waals surface area contributed by atoms with Gasteiger partial charge in [-0.05, 0) is 25.0 Å². The number of carbonyl (C=O) groups excluding carboxylic acids is 8. The molecular formula is C35H53N7O15. The Balaban J connectivity index is 2.02. The number of rotatable bonds is 30.